The zero-order chi connectivity index (χ0) is 10.3. The van der Waals surface area contributed by atoms with Crippen molar-refractivity contribution in [1.82, 2.24) is 14.5 Å². The molecular weight excluding hydrogens is 289 g/mol. The van der Waals surface area contributed by atoms with E-state index in [1.807, 2.05) is 7.05 Å². The lowest BCUT2D eigenvalue weighted by atomic mass is 10.1. The lowest BCUT2D eigenvalue weighted by Crippen LogP contribution is -1.91. The molecule has 0 atom stereocenters. The number of halogens is 1. The Labute approximate surface area is 96.7 Å². The number of aromatic nitrogens is 3. The fourth-order valence-electron chi connectivity index (χ4n) is 1.64. The smallest absolute Gasteiger partial charge is 0.144 e. The van der Waals surface area contributed by atoms with Crippen molar-refractivity contribution in [3.8, 4) is 0 Å². The Morgan fingerprint density at radius 1 is 1.36 bits per heavy atom. The maximum atomic E-state index is 4.29. The van der Waals surface area contributed by atoms with Gasteiger partial charge in [-0.05, 0) is 34.1 Å². The lowest BCUT2D eigenvalue weighted by Gasteiger charge is -2.02. The first kappa shape index (κ1) is 9.89. The van der Waals surface area contributed by atoms with Gasteiger partial charge in [0.25, 0.3) is 0 Å². The molecule has 0 fully saturated rings. The summed E-state index contributed by atoms with van der Waals surface area (Å²) in [4.78, 5) is 8.52. The minimum atomic E-state index is 0.512. The maximum absolute atomic E-state index is 4.29. The van der Waals surface area contributed by atoms with Crippen molar-refractivity contribution in [2.24, 2.45) is 7.05 Å². The van der Waals surface area contributed by atoms with Crippen LogP contribution in [0, 0.1) is 3.70 Å². The van der Waals surface area contributed by atoms with E-state index in [-0.39, 0.29) is 0 Å². The Morgan fingerprint density at radius 2 is 2.07 bits per heavy atom. The molecule has 0 N–H and O–H groups in total. The van der Waals surface area contributed by atoms with E-state index in [9.17, 15) is 0 Å². The van der Waals surface area contributed by atoms with Crippen molar-refractivity contribution in [3.05, 3.63) is 21.8 Å². The summed E-state index contributed by atoms with van der Waals surface area (Å²) in [5.41, 5.74) is 2.35. The van der Waals surface area contributed by atoms with Gasteiger partial charge in [0, 0.05) is 13.2 Å². The summed E-state index contributed by atoms with van der Waals surface area (Å²) in [6.07, 6.45) is 3.76. The Hall–Kier alpha value is -0.650. The minimum absolute atomic E-state index is 0.512. The fourth-order valence-corrected chi connectivity index (χ4v) is 2.32. The molecule has 2 heterocycles. The van der Waals surface area contributed by atoms with Gasteiger partial charge in [-0.15, -0.1) is 0 Å². The van der Waals surface area contributed by atoms with E-state index in [1.54, 1.807) is 6.33 Å². The minimum Gasteiger partial charge on any atom is -0.335 e. The highest BCUT2D eigenvalue weighted by Gasteiger charge is 2.13. The van der Waals surface area contributed by atoms with E-state index in [4.69, 9.17) is 0 Å². The molecule has 0 saturated heterocycles. The molecule has 74 valence electrons. The average molecular weight is 301 g/mol. The van der Waals surface area contributed by atoms with Crippen LogP contribution in [0.25, 0.3) is 11.0 Å². The largest absolute Gasteiger partial charge is 0.335 e. The van der Waals surface area contributed by atoms with E-state index in [0.29, 0.717) is 5.92 Å². The van der Waals surface area contributed by atoms with Gasteiger partial charge >= 0.3 is 0 Å². The summed E-state index contributed by atoms with van der Waals surface area (Å²) < 4.78 is 3.10. The molecule has 2 aromatic heterocycles. The summed E-state index contributed by atoms with van der Waals surface area (Å²) in [6.45, 7) is 4.38. The molecule has 14 heavy (non-hydrogen) atoms. The SMILES string of the molecule is CC(C)c1cn(C)c2ncnc(I)c12. The van der Waals surface area contributed by atoms with Crippen LogP contribution >= 0.6 is 22.6 Å². The van der Waals surface area contributed by atoms with Crippen LogP contribution in [-0.4, -0.2) is 14.5 Å². The predicted octanol–water partition coefficient (Wildman–Crippen LogP) is 2.70. The van der Waals surface area contributed by atoms with Gasteiger partial charge in [-0.1, -0.05) is 13.8 Å². The fraction of sp³-hybridized carbons (Fsp3) is 0.400. The van der Waals surface area contributed by atoms with Gasteiger partial charge in [-0.25, -0.2) is 9.97 Å². The Kier molecular flexibility index (Phi) is 2.47. The summed E-state index contributed by atoms with van der Waals surface area (Å²) in [7, 11) is 2.03. The van der Waals surface area contributed by atoms with Crippen LogP contribution in [0.3, 0.4) is 0 Å². The molecule has 2 aromatic rings. The van der Waals surface area contributed by atoms with Crippen LogP contribution in [0.15, 0.2) is 12.5 Å². The van der Waals surface area contributed by atoms with Crippen LogP contribution < -0.4 is 0 Å². The molecule has 0 aliphatic rings. The second-order valence-corrected chi connectivity index (χ2v) is 4.73. The topological polar surface area (TPSA) is 30.7 Å². The van der Waals surface area contributed by atoms with Crippen molar-refractivity contribution in [3.63, 3.8) is 0 Å². The zero-order valence-corrected chi connectivity index (χ0v) is 10.6. The third-order valence-electron chi connectivity index (χ3n) is 2.36. The van der Waals surface area contributed by atoms with E-state index in [2.05, 4.69) is 57.2 Å². The van der Waals surface area contributed by atoms with E-state index < -0.39 is 0 Å². The molecule has 3 nitrogen and oxygen atoms in total. The molecule has 0 amide bonds. The summed E-state index contributed by atoms with van der Waals surface area (Å²) in [5, 5.41) is 1.20. The van der Waals surface area contributed by atoms with Crippen LogP contribution in [0.5, 0.6) is 0 Å². The van der Waals surface area contributed by atoms with Crippen molar-refractivity contribution >= 4 is 33.6 Å². The average Bonchev–Trinajstić information content (AvgIpc) is 2.46. The monoisotopic (exact) mass is 301 g/mol. The summed E-state index contributed by atoms with van der Waals surface area (Å²) in [6, 6.07) is 0. The van der Waals surface area contributed by atoms with E-state index in [0.717, 1.165) is 9.35 Å². The quantitative estimate of drug-likeness (QED) is 0.599. The molecule has 0 aliphatic carbocycles. The van der Waals surface area contributed by atoms with Crippen LogP contribution in [0.2, 0.25) is 0 Å². The molecule has 0 aromatic carbocycles. The highest BCUT2D eigenvalue weighted by atomic mass is 127. The molecule has 0 aliphatic heterocycles. The van der Waals surface area contributed by atoms with E-state index in [1.165, 1.54) is 10.9 Å². The van der Waals surface area contributed by atoms with Crippen LogP contribution in [-0.2, 0) is 7.05 Å². The Bertz CT molecular complexity index is 473. The van der Waals surface area contributed by atoms with Crippen molar-refractivity contribution < 1.29 is 0 Å². The summed E-state index contributed by atoms with van der Waals surface area (Å²) in [5.74, 6) is 0.512. The Morgan fingerprint density at radius 3 is 2.71 bits per heavy atom. The van der Waals surface area contributed by atoms with Crippen molar-refractivity contribution in [2.45, 2.75) is 19.8 Å². The first-order chi connectivity index (χ1) is 6.61. The highest BCUT2D eigenvalue weighted by Crippen LogP contribution is 2.28. The molecule has 0 unspecified atom stereocenters. The summed E-state index contributed by atoms with van der Waals surface area (Å²) >= 11 is 2.27. The van der Waals surface area contributed by atoms with Gasteiger partial charge in [0.2, 0.25) is 0 Å². The molecule has 2 rings (SSSR count). The third-order valence-corrected chi connectivity index (χ3v) is 3.18. The normalized spacial score (nSPS) is 11.5. The molecule has 0 bridgehead atoms. The van der Waals surface area contributed by atoms with Gasteiger partial charge < -0.3 is 4.57 Å². The highest BCUT2D eigenvalue weighted by molar-refractivity contribution is 14.1. The van der Waals surface area contributed by atoms with Crippen LogP contribution in [0.1, 0.15) is 25.3 Å². The third kappa shape index (κ3) is 1.41. The zero-order valence-electron chi connectivity index (χ0n) is 8.45. The van der Waals surface area contributed by atoms with Crippen molar-refractivity contribution in [2.75, 3.05) is 0 Å². The van der Waals surface area contributed by atoms with Gasteiger partial charge in [0.15, 0.2) is 0 Å². The standard InChI is InChI=1S/C10H12IN3/c1-6(2)7-4-14(3)10-8(7)9(11)12-5-13-10/h4-6H,1-3H3. The number of fused-ring (bicyclic) bond motifs is 1. The number of aryl methyl sites for hydroxylation is 1. The van der Waals surface area contributed by atoms with Gasteiger partial charge in [-0.2, -0.15) is 0 Å². The number of hydrogen-bond donors (Lipinski definition) is 0. The first-order valence-corrected chi connectivity index (χ1v) is 5.64. The maximum Gasteiger partial charge on any atom is 0.144 e. The van der Waals surface area contributed by atoms with Gasteiger partial charge in [0.1, 0.15) is 15.7 Å². The second kappa shape index (κ2) is 3.49. The molecule has 0 spiro atoms. The van der Waals surface area contributed by atoms with Crippen LogP contribution in [0.4, 0.5) is 0 Å². The molecule has 0 radical (unpaired) electrons. The van der Waals surface area contributed by atoms with Crippen molar-refractivity contribution in [1.29, 1.82) is 0 Å². The van der Waals surface area contributed by atoms with Gasteiger partial charge in [-0.3, -0.25) is 0 Å². The van der Waals surface area contributed by atoms with Gasteiger partial charge in [0.05, 0.1) is 5.39 Å². The molecule has 0 saturated carbocycles. The molecule has 4 heteroatoms. The Balaban J connectivity index is 2.86. The second-order valence-electron chi connectivity index (χ2n) is 3.71. The number of hydrogen-bond acceptors (Lipinski definition) is 2. The number of rotatable bonds is 1. The van der Waals surface area contributed by atoms with E-state index >= 15 is 0 Å². The lowest BCUT2D eigenvalue weighted by molar-refractivity contribution is 0.855. The number of nitrogens with zero attached hydrogens (tertiary/aromatic N) is 3. The first-order valence-electron chi connectivity index (χ1n) is 4.56. The molecular formula is C10H12IN3. The predicted molar refractivity (Wildman–Crippen MR) is 65.3 cm³/mol.